The van der Waals surface area contributed by atoms with E-state index in [0.717, 1.165) is 10.7 Å². The molecule has 3 N–H and O–H groups in total. The molecule has 0 aliphatic carbocycles. The van der Waals surface area contributed by atoms with E-state index in [1.807, 2.05) is 0 Å². The number of nitrogens with one attached hydrogen (secondary N) is 1. The Bertz CT molecular complexity index is 977. The molecule has 2 heterocycles. The molecule has 3 atom stereocenters. The van der Waals surface area contributed by atoms with Crippen LogP contribution in [0, 0.1) is 16.0 Å². The molecule has 0 saturated carbocycles. The molecule has 1 aliphatic heterocycles. The first-order valence-electron chi connectivity index (χ1n) is 7.54. The molecular weight excluding hydrogens is 348 g/mol. The maximum absolute atomic E-state index is 12.0. The Morgan fingerprint density at radius 3 is 2.54 bits per heavy atom. The average molecular weight is 362 g/mol. The second-order valence-electron chi connectivity index (χ2n) is 5.90. The molecule has 0 saturated heterocycles. The molecule has 1 aliphatic rings. The number of non-ortho nitro benzene ring substituents is 1. The van der Waals surface area contributed by atoms with Crippen LogP contribution in [0.3, 0.4) is 0 Å². The average Bonchev–Trinajstić information content (AvgIpc) is 2.88. The number of aromatic nitrogens is 2. The highest BCUT2D eigenvalue weighted by Gasteiger charge is 2.43. The number of anilines is 1. The summed E-state index contributed by atoms with van der Waals surface area (Å²) in [6.07, 6.45) is -1.59. The van der Waals surface area contributed by atoms with Crippen molar-refractivity contribution in [1.82, 2.24) is 9.36 Å². The highest BCUT2D eigenvalue weighted by atomic mass is 16.6. The van der Waals surface area contributed by atoms with Crippen LogP contribution in [0.2, 0.25) is 0 Å². The van der Waals surface area contributed by atoms with Crippen LogP contribution in [0.1, 0.15) is 18.5 Å². The third-order valence-corrected chi connectivity index (χ3v) is 4.34. The van der Waals surface area contributed by atoms with Crippen molar-refractivity contribution in [1.29, 1.82) is 0 Å². The van der Waals surface area contributed by atoms with Crippen molar-refractivity contribution < 1.29 is 24.7 Å². The topological polar surface area (TPSA) is 157 Å². The number of carboxylic acid groups (broad SMARTS) is 2. The predicted octanol–water partition coefficient (Wildman–Crippen LogP) is 1.19. The molecule has 1 aromatic heterocycles. The molecule has 0 bridgehead atoms. The van der Waals surface area contributed by atoms with Crippen LogP contribution in [0.25, 0.3) is 0 Å². The third kappa shape index (κ3) is 2.59. The van der Waals surface area contributed by atoms with E-state index in [4.69, 9.17) is 0 Å². The quantitative estimate of drug-likeness (QED) is 0.543. The fraction of sp³-hybridized carbons (Fsp3) is 0.267. The first-order valence-corrected chi connectivity index (χ1v) is 7.54. The Labute approximate surface area is 145 Å². The van der Waals surface area contributed by atoms with Gasteiger partial charge in [0.1, 0.15) is 11.7 Å². The van der Waals surface area contributed by atoms with Crippen LogP contribution < -0.4 is 10.9 Å². The largest absolute Gasteiger partial charge is 0.481 e. The summed E-state index contributed by atoms with van der Waals surface area (Å²) < 4.78 is 1.41. The van der Waals surface area contributed by atoms with E-state index < -0.39 is 40.5 Å². The van der Waals surface area contributed by atoms with E-state index in [9.17, 15) is 34.7 Å². The molecule has 11 nitrogen and oxygen atoms in total. The number of rotatable bonds is 3. The van der Waals surface area contributed by atoms with Crippen molar-refractivity contribution >= 4 is 23.6 Å². The van der Waals surface area contributed by atoms with E-state index >= 15 is 0 Å². The molecule has 0 amide bonds. The zero-order valence-corrected chi connectivity index (χ0v) is 13.4. The van der Waals surface area contributed by atoms with Crippen molar-refractivity contribution in [3.05, 3.63) is 56.4 Å². The van der Waals surface area contributed by atoms with Gasteiger partial charge in [-0.25, -0.2) is 9.48 Å². The molecule has 3 rings (SSSR count). The molecule has 3 unspecified atom stereocenters. The summed E-state index contributed by atoms with van der Waals surface area (Å²) in [5, 5.41) is 32.9. The van der Waals surface area contributed by atoms with Gasteiger partial charge in [-0.1, -0.05) is 12.1 Å². The standard InChI is InChI=1S/C15H14N4O7/c1-7-12(14(21)22)13(8-3-2-4-9(5-8)19(25)26)17-10(16-7)6-11(20)18(17)15(23)24/h2-7,12-13,16H,1H3,(H,21,22)(H,23,24). The summed E-state index contributed by atoms with van der Waals surface area (Å²) >= 11 is 0. The summed E-state index contributed by atoms with van der Waals surface area (Å²) in [6.45, 7) is 1.58. The van der Waals surface area contributed by atoms with Crippen molar-refractivity contribution in [2.75, 3.05) is 5.32 Å². The van der Waals surface area contributed by atoms with Gasteiger partial charge in [-0.15, -0.1) is 4.68 Å². The number of nitrogens with zero attached hydrogens (tertiary/aromatic N) is 3. The van der Waals surface area contributed by atoms with Gasteiger partial charge < -0.3 is 15.5 Å². The van der Waals surface area contributed by atoms with E-state index in [2.05, 4.69) is 5.32 Å². The van der Waals surface area contributed by atoms with Gasteiger partial charge in [-0.05, 0) is 12.5 Å². The molecule has 26 heavy (non-hydrogen) atoms. The van der Waals surface area contributed by atoms with Crippen LogP contribution in [0.5, 0.6) is 0 Å². The number of benzene rings is 1. The number of nitro groups is 1. The fourth-order valence-corrected chi connectivity index (χ4v) is 3.30. The lowest BCUT2D eigenvalue weighted by atomic mass is 9.86. The summed E-state index contributed by atoms with van der Waals surface area (Å²) in [7, 11) is 0. The SMILES string of the molecule is CC1Nc2cc(=O)n(C(=O)O)n2C(c2cccc([N+](=O)[O-])c2)C1C(=O)O. The first-order chi connectivity index (χ1) is 12.2. The lowest BCUT2D eigenvalue weighted by molar-refractivity contribution is -0.384. The third-order valence-electron chi connectivity index (χ3n) is 4.34. The van der Waals surface area contributed by atoms with Gasteiger partial charge in [-0.3, -0.25) is 19.7 Å². The number of hydrogen-bond acceptors (Lipinski definition) is 6. The first kappa shape index (κ1) is 17.2. The minimum absolute atomic E-state index is 0.124. The lowest BCUT2D eigenvalue weighted by Crippen LogP contribution is -2.46. The van der Waals surface area contributed by atoms with Crippen molar-refractivity contribution in [2.24, 2.45) is 5.92 Å². The number of carbonyl (C=O) groups is 2. The zero-order valence-electron chi connectivity index (χ0n) is 13.4. The minimum atomic E-state index is -1.59. The van der Waals surface area contributed by atoms with Gasteiger partial charge in [0.2, 0.25) is 0 Å². The van der Waals surface area contributed by atoms with E-state index in [1.54, 1.807) is 6.92 Å². The molecule has 11 heteroatoms. The summed E-state index contributed by atoms with van der Waals surface area (Å²) in [4.78, 5) is 45.8. The number of nitro benzene ring substituents is 1. The molecule has 0 fully saturated rings. The van der Waals surface area contributed by atoms with Crippen LogP contribution in [0.15, 0.2) is 35.1 Å². The van der Waals surface area contributed by atoms with Gasteiger partial charge in [0, 0.05) is 24.2 Å². The Hall–Kier alpha value is -3.63. The molecule has 136 valence electrons. The molecular formula is C15H14N4O7. The summed E-state index contributed by atoms with van der Waals surface area (Å²) in [6, 6.07) is 4.53. The second-order valence-corrected chi connectivity index (χ2v) is 5.90. The van der Waals surface area contributed by atoms with Crippen LogP contribution in [0.4, 0.5) is 16.3 Å². The minimum Gasteiger partial charge on any atom is -0.481 e. The van der Waals surface area contributed by atoms with Crippen molar-refractivity contribution in [3.63, 3.8) is 0 Å². The van der Waals surface area contributed by atoms with Crippen LogP contribution in [-0.2, 0) is 4.79 Å². The van der Waals surface area contributed by atoms with E-state index in [-0.39, 0.29) is 17.1 Å². The van der Waals surface area contributed by atoms with Gasteiger partial charge in [0.15, 0.2) is 0 Å². The molecule has 2 aromatic rings. The van der Waals surface area contributed by atoms with Crippen LogP contribution >= 0.6 is 0 Å². The molecule has 0 radical (unpaired) electrons. The van der Waals surface area contributed by atoms with Gasteiger partial charge in [0.05, 0.1) is 11.0 Å². The number of carboxylic acids is 1. The van der Waals surface area contributed by atoms with Gasteiger partial charge in [-0.2, -0.15) is 0 Å². The van der Waals surface area contributed by atoms with Gasteiger partial charge >= 0.3 is 12.1 Å². The maximum Gasteiger partial charge on any atom is 0.434 e. The smallest absolute Gasteiger partial charge is 0.434 e. The van der Waals surface area contributed by atoms with Crippen molar-refractivity contribution in [3.8, 4) is 0 Å². The second kappa shape index (κ2) is 6.02. The molecule has 1 aromatic carbocycles. The van der Waals surface area contributed by atoms with Crippen LogP contribution in [-0.4, -0.2) is 42.6 Å². The number of fused-ring (bicyclic) bond motifs is 1. The molecule has 0 spiro atoms. The monoisotopic (exact) mass is 362 g/mol. The maximum atomic E-state index is 12.0. The Balaban J connectivity index is 2.31. The Morgan fingerprint density at radius 1 is 1.27 bits per heavy atom. The lowest BCUT2D eigenvalue weighted by Gasteiger charge is -2.37. The summed E-state index contributed by atoms with van der Waals surface area (Å²) in [5.41, 5.74) is -0.906. The zero-order chi connectivity index (χ0) is 19.2. The highest BCUT2D eigenvalue weighted by Crippen LogP contribution is 2.37. The Morgan fingerprint density at radius 2 is 1.96 bits per heavy atom. The van der Waals surface area contributed by atoms with E-state index in [0.29, 0.717) is 4.68 Å². The van der Waals surface area contributed by atoms with E-state index in [1.165, 1.54) is 24.3 Å². The summed E-state index contributed by atoms with van der Waals surface area (Å²) in [5.74, 6) is -2.27. The van der Waals surface area contributed by atoms with Crippen molar-refractivity contribution in [2.45, 2.75) is 19.0 Å². The predicted molar refractivity (Wildman–Crippen MR) is 87.6 cm³/mol. The normalized spacial score (nSPS) is 21.5. The van der Waals surface area contributed by atoms with Gasteiger partial charge in [0.25, 0.3) is 11.2 Å². The fourth-order valence-electron chi connectivity index (χ4n) is 3.30. The number of hydrogen-bond donors (Lipinski definition) is 3. The Kier molecular flexibility index (Phi) is 3.98. The highest BCUT2D eigenvalue weighted by molar-refractivity contribution is 5.75. The number of aliphatic carboxylic acids is 1.